The Morgan fingerprint density at radius 2 is 1.82 bits per heavy atom. The van der Waals surface area contributed by atoms with E-state index in [1.807, 2.05) is 6.07 Å². The Labute approximate surface area is 185 Å². The van der Waals surface area contributed by atoms with Gasteiger partial charge in [-0.2, -0.15) is 0 Å². The van der Waals surface area contributed by atoms with Gasteiger partial charge in [-0.05, 0) is 42.5 Å². The van der Waals surface area contributed by atoms with E-state index in [2.05, 4.69) is 0 Å². The number of benzene rings is 2. The van der Waals surface area contributed by atoms with E-state index in [1.165, 1.54) is 16.7 Å². The number of furan rings is 1. The van der Waals surface area contributed by atoms with Crippen LogP contribution in [0.3, 0.4) is 0 Å². The third-order valence-electron chi connectivity index (χ3n) is 3.98. The van der Waals surface area contributed by atoms with Crippen molar-refractivity contribution in [2.75, 3.05) is 4.90 Å². The highest BCUT2D eigenvalue weighted by Gasteiger charge is 2.33. The molecule has 1 aliphatic heterocycles. The predicted octanol–water partition coefficient (Wildman–Crippen LogP) is 7.31. The first-order valence-corrected chi connectivity index (χ1v) is 10.4. The number of nitrogens with zero attached hydrogens (tertiary/aromatic N) is 1. The van der Waals surface area contributed by atoms with Crippen LogP contribution in [0.15, 0.2) is 63.9 Å². The number of thioether (sulfide) groups is 1. The number of hydrogen-bond donors (Lipinski definition) is 0. The molecular weight excluding hydrogens is 457 g/mol. The molecule has 2 heterocycles. The van der Waals surface area contributed by atoms with Crippen LogP contribution in [-0.4, -0.2) is 10.2 Å². The second kappa shape index (κ2) is 7.93. The minimum Gasteiger partial charge on any atom is -0.457 e. The summed E-state index contributed by atoms with van der Waals surface area (Å²) in [6.45, 7) is 0. The zero-order valence-electron chi connectivity index (χ0n) is 14.0. The highest BCUT2D eigenvalue weighted by Crippen LogP contribution is 2.38. The van der Waals surface area contributed by atoms with E-state index < -0.39 is 0 Å². The Morgan fingerprint density at radius 1 is 1.04 bits per heavy atom. The first-order valence-electron chi connectivity index (χ1n) is 8.02. The van der Waals surface area contributed by atoms with Crippen LogP contribution in [0.1, 0.15) is 5.76 Å². The highest BCUT2D eigenvalue weighted by molar-refractivity contribution is 8.27. The van der Waals surface area contributed by atoms with Crippen LogP contribution in [0, 0.1) is 0 Å². The molecule has 140 valence electrons. The molecule has 1 aliphatic rings. The zero-order valence-corrected chi connectivity index (χ0v) is 17.9. The van der Waals surface area contributed by atoms with E-state index in [-0.39, 0.29) is 5.91 Å². The second-order valence-corrected chi connectivity index (χ2v) is 8.70. The molecule has 1 aromatic heterocycles. The van der Waals surface area contributed by atoms with Gasteiger partial charge in [0.05, 0.1) is 20.6 Å². The number of anilines is 1. The predicted molar refractivity (Wildman–Crippen MR) is 121 cm³/mol. The van der Waals surface area contributed by atoms with Crippen molar-refractivity contribution in [1.29, 1.82) is 0 Å². The maximum Gasteiger partial charge on any atom is 0.270 e. The second-order valence-electron chi connectivity index (χ2n) is 5.80. The molecule has 1 amide bonds. The molecule has 0 aliphatic carbocycles. The minimum atomic E-state index is -0.226. The Morgan fingerprint density at radius 3 is 2.61 bits per heavy atom. The fraction of sp³-hybridized carbons (Fsp3) is 0. The topological polar surface area (TPSA) is 33.5 Å². The fourth-order valence-electron chi connectivity index (χ4n) is 2.70. The fourth-order valence-corrected chi connectivity index (χ4v) is 4.56. The number of hydrogen-bond acceptors (Lipinski definition) is 4. The summed E-state index contributed by atoms with van der Waals surface area (Å²) in [6, 6.07) is 15.8. The van der Waals surface area contributed by atoms with Crippen molar-refractivity contribution in [2.24, 2.45) is 0 Å². The van der Waals surface area contributed by atoms with Gasteiger partial charge in [0.2, 0.25) is 0 Å². The molecule has 3 nitrogen and oxygen atoms in total. The minimum absolute atomic E-state index is 0.226. The first-order chi connectivity index (χ1) is 13.4. The number of rotatable bonds is 3. The van der Waals surface area contributed by atoms with Crippen LogP contribution in [-0.2, 0) is 4.79 Å². The molecule has 8 heteroatoms. The van der Waals surface area contributed by atoms with Crippen molar-refractivity contribution in [2.45, 2.75) is 0 Å². The summed E-state index contributed by atoms with van der Waals surface area (Å²) >= 11 is 24.9. The van der Waals surface area contributed by atoms with E-state index in [9.17, 15) is 4.79 Å². The van der Waals surface area contributed by atoms with Gasteiger partial charge in [-0.3, -0.25) is 9.69 Å². The Hall–Kier alpha value is -1.76. The number of carbonyl (C=O) groups excluding carboxylic acids is 1. The van der Waals surface area contributed by atoms with Crippen LogP contribution < -0.4 is 4.90 Å². The summed E-state index contributed by atoms with van der Waals surface area (Å²) in [5.41, 5.74) is 1.31. The van der Waals surface area contributed by atoms with Crippen LogP contribution in [0.4, 0.5) is 5.69 Å². The largest absolute Gasteiger partial charge is 0.457 e. The maximum atomic E-state index is 12.8. The van der Waals surface area contributed by atoms with E-state index in [0.717, 1.165) is 0 Å². The van der Waals surface area contributed by atoms with Gasteiger partial charge in [0.25, 0.3) is 5.91 Å². The molecule has 1 saturated heterocycles. The van der Waals surface area contributed by atoms with Gasteiger partial charge in [-0.25, -0.2) is 0 Å². The van der Waals surface area contributed by atoms with Crippen LogP contribution in [0.5, 0.6) is 0 Å². The summed E-state index contributed by atoms with van der Waals surface area (Å²) < 4.78 is 6.28. The molecule has 0 N–H and O–H groups in total. The average Bonchev–Trinajstić information content (AvgIpc) is 3.22. The van der Waals surface area contributed by atoms with Gasteiger partial charge in [-0.1, -0.05) is 70.9 Å². The quantitative estimate of drug-likeness (QED) is 0.299. The summed E-state index contributed by atoms with van der Waals surface area (Å²) in [7, 11) is 0. The highest BCUT2D eigenvalue weighted by atomic mass is 35.5. The molecular formula is C20H10Cl3NO2S2. The smallest absolute Gasteiger partial charge is 0.270 e. The first kappa shape index (κ1) is 19.6. The molecule has 3 aromatic rings. The van der Waals surface area contributed by atoms with Crippen molar-refractivity contribution in [3.05, 3.63) is 80.3 Å². The summed E-state index contributed by atoms with van der Waals surface area (Å²) in [6.07, 6.45) is 1.66. The van der Waals surface area contributed by atoms with Crippen molar-refractivity contribution in [1.82, 2.24) is 0 Å². The molecule has 0 spiro atoms. The third-order valence-corrected chi connectivity index (χ3v) is 6.33. The van der Waals surface area contributed by atoms with Crippen LogP contribution in [0.25, 0.3) is 17.4 Å². The lowest BCUT2D eigenvalue weighted by Crippen LogP contribution is -2.27. The molecule has 0 saturated carbocycles. The third kappa shape index (κ3) is 3.73. The summed E-state index contributed by atoms with van der Waals surface area (Å²) in [5, 5.41) is 1.39. The molecule has 28 heavy (non-hydrogen) atoms. The maximum absolute atomic E-state index is 12.8. The Bertz CT molecular complexity index is 1140. The van der Waals surface area contributed by atoms with Gasteiger partial charge < -0.3 is 4.42 Å². The Balaban J connectivity index is 1.64. The molecule has 0 radical (unpaired) electrons. The summed E-state index contributed by atoms with van der Waals surface area (Å²) in [4.78, 5) is 14.7. The SMILES string of the molecule is O=C1/C(=C/c2ccc(-c3cccc(Cl)c3Cl)o2)SC(=S)N1c1cccc(Cl)c1. The van der Waals surface area contributed by atoms with Crippen molar-refractivity contribution in [3.8, 4) is 11.3 Å². The van der Waals surface area contributed by atoms with E-state index in [1.54, 1.807) is 54.6 Å². The van der Waals surface area contributed by atoms with Crippen molar-refractivity contribution < 1.29 is 9.21 Å². The normalized spacial score (nSPS) is 15.7. The monoisotopic (exact) mass is 465 g/mol. The van der Waals surface area contributed by atoms with Gasteiger partial charge in [0, 0.05) is 16.7 Å². The number of amides is 1. The van der Waals surface area contributed by atoms with Gasteiger partial charge in [0.15, 0.2) is 4.32 Å². The van der Waals surface area contributed by atoms with E-state index in [4.69, 9.17) is 51.4 Å². The number of halogens is 3. The molecule has 0 bridgehead atoms. The standard InChI is InChI=1S/C20H10Cl3NO2S2/c21-11-3-1-4-12(9-11)24-19(25)17(28-20(24)27)10-13-7-8-16(26-13)14-5-2-6-15(22)18(14)23/h1-10H/b17-10-. The van der Waals surface area contributed by atoms with Crippen LogP contribution in [0.2, 0.25) is 15.1 Å². The molecule has 1 fully saturated rings. The summed E-state index contributed by atoms with van der Waals surface area (Å²) in [5.74, 6) is 0.845. The van der Waals surface area contributed by atoms with Gasteiger partial charge >= 0.3 is 0 Å². The van der Waals surface area contributed by atoms with Gasteiger partial charge in [0.1, 0.15) is 11.5 Å². The van der Waals surface area contributed by atoms with Crippen LogP contribution >= 0.6 is 58.8 Å². The lowest BCUT2D eigenvalue weighted by atomic mass is 10.2. The number of thiocarbonyl (C=S) groups is 1. The lowest BCUT2D eigenvalue weighted by molar-refractivity contribution is -0.113. The van der Waals surface area contributed by atoms with Gasteiger partial charge in [-0.15, -0.1) is 0 Å². The molecule has 2 aromatic carbocycles. The number of carbonyl (C=O) groups is 1. The van der Waals surface area contributed by atoms with E-state index >= 15 is 0 Å². The molecule has 0 unspecified atom stereocenters. The molecule has 4 rings (SSSR count). The zero-order chi connectivity index (χ0) is 19.8. The van der Waals surface area contributed by atoms with E-state index in [0.29, 0.717) is 47.1 Å². The molecule has 0 atom stereocenters. The lowest BCUT2D eigenvalue weighted by Gasteiger charge is -2.14. The Kier molecular flexibility index (Phi) is 5.54. The van der Waals surface area contributed by atoms with Crippen molar-refractivity contribution >= 4 is 80.8 Å². The average molecular weight is 467 g/mol. The van der Waals surface area contributed by atoms with Crippen molar-refractivity contribution in [3.63, 3.8) is 0 Å².